The SMILES string of the molecule is CC(=O)c1ccc(Br)s1.CC(C)(O)C(C)(C)O.CC(C)(O)C(C)(C)O.CC(C)(O)c1ccc(-c2ncc(Cl)c(Nc3cc(C4CC4)[nH]n3)n2)s1.CC(C)(O)c1ccc(B2OC(C)(C)C(C)(C)O2)s1.CC(C)(O)c1ccc(Br)s1.Clc1cnc(Br)nc1Nc1cc(C2CC2)[nH]n1.[B][B].[Br-].[CH3-].[Mg+2]. The predicted molar refractivity (Wildman–Crippen MR) is 421 cm³/mol. The van der Waals surface area contributed by atoms with E-state index in [1.807, 2.05) is 88.4 Å². The standard InChI is InChI=1S/C17H18ClN5OS.C13H21BO3S.C10H9BrClN5.C7H9BrOS.C6H5BrOS.2C6H14O2.CH3.B2.BrH.Mg/c1-17(2,24)13-6-5-12(25-13)16-19-8-10(18)15(21-16)20-14-7-11(22-23-14)9-3-4-9;1-11(2,15)9-7-8-10(18-9)14-16-12(3,4)13(5,6)17-14;11-10-13-4-6(12)9(15-10)14-8-3-7(16-17-8)5-1-2-5;1-7(2,9)5-3-4-6(8)10-5;1-4(8)5-2-3-6(7)9-5;2*1-5(2,7)6(3,4)8;;1-2;;/h5-9,24H,3-4H2,1-2H3,(H2,19,20,21,22,23);7-8,15H,1-6H3;3-5H,1-2H2,(H2,13,14,15,16,17);3-4,9H,1-2H3;2-3H,1H3;2*7-8H,1-4H3;1H3;;1H;/q;;;;;;;-1;;;+2/p-1. The average Bonchev–Trinajstić information content (AvgIpc) is 1.62. The molecule has 544 valence electrons. The Balaban J connectivity index is 0.000000603. The molecule has 11 rings (SSSR count). The Hall–Kier alpha value is -2.25. The number of aromatic amines is 2. The first-order chi connectivity index (χ1) is 44.3. The molecule has 0 amide bonds. The van der Waals surface area contributed by atoms with Crippen LogP contribution in [0.15, 0.2) is 85.4 Å². The molecule has 3 fully saturated rings. The zero-order valence-electron chi connectivity index (χ0n) is 60.3. The molecule has 0 atom stereocenters. The number of ketones is 1. The first-order valence-corrected chi connectivity index (χ1v) is 37.1. The molecule has 0 aromatic carbocycles. The van der Waals surface area contributed by atoms with E-state index in [1.54, 1.807) is 121 Å². The molecule has 20 nitrogen and oxygen atoms in total. The van der Waals surface area contributed by atoms with Gasteiger partial charge in [-0.2, -0.15) is 10.2 Å². The van der Waals surface area contributed by atoms with E-state index >= 15 is 0 Å². The van der Waals surface area contributed by atoms with Crippen molar-refractivity contribution in [2.75, 3.05) is 10.6 Å². The van der Waals surface area contributed by atoms with Gasteiger partial charge < -0.3 is 80.1 Å². The van der Waals surface area contributed by atoms with E-state index in [1.165, 1.54) is 65.9 Å². The summed E-state index contributed by atoms with van der Waals surface area (Å²) in [4.78, 5) is 32.0. The second-order valence-corrected chi connectivity index (χ2v) is 36.2. The van der Waals surface area contributed by atoms with Gasteiger partial charge in [0.1, 0.15) is 10.0 Å². The van der Waals surface area contributed by atoms with Crippen LogP contribution in [0.1, 0.15) is 205 Å². The number of nitrogens with one attached hydrogen (secondary N) is 4. The molecule has 0 unspecified atom stereocenters. The zero-order chi connectivity index (χ0) is 73.8. The molecule has 2 saturated carbocycles. The van der Waals surface area contributed by atoms with Crippen LogP contribution in [0.25, 0.3) is 10.7 Å². The number of thiophene rings is 4. The summed E-state index contributed by atoms with van der Waals surface area (Å²) in [6.45, 7) is 33.0. The maximum atomic E-state index is 10.6. The van der Waals surface area contributed by atoms with E-state index in [-0.39, 0.29) is 71.6 Å². The van der Waals surface area contributed by atoms with E-state index in [4.69, 9.17) is 52.9 Å². The monoisotopic (exact) mass is 1760 g/mol. The summed E-state index contributed by atoms with van der Waals surface area (Å²) in [6, 6.07) is 19.2. The van der Waals surface area contributed by atoms with Gasteiger partial charge in [0.2, 0.25) is 0 Å². The molecule has 100 heavy (non-hydrogen) atoms. The number of carbonyl (C=O) groups excluding carboxylic acids is 1. The van der Waals surface area contributed by atoms with E-state index in [0.29, 0.717) is 49.9 Å². The van der Waals surface area contributed by atoms with Crippen LogP contribution in [0, 0.1) is 7.43 Å². The van der Waals surface area contributed by atoms with Crippen LogP contribution in [-0.4, -0.2) is 161 Å². The van der Waals surface area contributed by atoms with Gasteiger partial charge in [0.15, 0.2) is 39.6 Å². The van der Waals surface area contributed by atoms with Crippen LogP contribution in [0.2, 0.25) is 10.0 Å². The average molecular weight is 1760 g/mol. The minimum absolute atomic E-state index is 0. The molecule has 3 aliphatic rings. The summed E-state index contributed by atoms with van der Waals surface area (Å²) in [5, 5.41) is 87.6. The largest absolute Gasteiger partial charge is 2.00 e. The Morgan fingerprint density at radius 2 is 0.950 bits per heavy atom. The van der Waals surface area contributed by atoms with Gasteiger partial charge in [0, 0.05) is 70.2 Å². The summed E-state index contributed by atoms with van der Waals surface area (Å²) in [7, 11) is 7.66. The van der Waals surface area contributed by atoms with Crippen molar-refractivity contribution in [2.24, 2.45) is 0 Å². The summed E-state index contributed by atoms with van der Waals surface area (Å²) >= 11 is 28.0. The Labute approximate surface area is 670 Å². The number of hydrogen-bond donors (Lipinski definition) is 11. The van der Waals surface area contributed by atoms with Crippen LogP contribution in [-0.2, 0) is 26.1 Å². The number of hydrogen-bond acceptors (Lipinski definition) is 22. The number of nitrogens with zero attached hydrogens (tertiary/aromatic N) is 6. The number of carbonyl (C=O) groups is 1. The molecule has 8 aromatic rings. The number of halogens is 6. The molecule has 1 aliphatic heterocycles. The van der Waals surface area contributed by atoms with E-state index in [0.717, 1.165) is 53.9 Å². The fraction of sp³-hybridized carbons (Fsp3) is 0.515. The predicted octanol–water partition coefficient (Wildman–Crippen LogP) is 12.8. The molecule has 8 aromatic heterocycles. The van der Waals surface area contributed by atoms with Crippen LogP contribution >= 0.6 is 116 Å². The van der Waals surface area contributed by atoms with Crippen LogP contribution in [0.4, 0.5) is 23.3 Å². The third-order valence-corrected chi connectivity index (χ3v) is 22.8. The minimum Gasteiger partial charge on any atom is -1.00 e. The van der Waals surface area contributed by atoms with E-state index in [2.05, 4.69) is 114 Å². The van der Waals surface area contributed by atoms with E-state index < -0.39 is 39.2 Å². The van der Waals surface area contributed by atoms with E-state index in [9.17, 15) is 20.1 Å². The molecule has 1 saturated heterocycles. The summed E-state index contributed by atoms with van der Waals surface area (Å²) in [6.07, 6.45) is 8.01. The molecule has 34 heteroatoms. The normalized spacial score (nSPS) is 14.7. The third kappa shape index (κ3) is 30.9. The van der Waals surface area contributed by atoms with Gasteiger partial charge in [0.25, 0.3) is 0 Å². The summed E-state index contributed by atoms with van der Waals surface area (Å²) in [5.74, 6) is 4.41. The van der Waals surface area contributed by atoms with Gasteiger partial charge in [0.05, 0.1) is 80.1 Å². The van der Waals surface area contributed by atoms with Crippen LogP contribution < -0.4 is 32.4 Å². The fourth-order valence-corrected chi connectivity index (χ4v) is 12.1. The number of aliphatic hydroxyl groups is 7. The number of rotatable bonds is 14. The van der Waals surface area contributed by atoms with Gasteiger partial charge in [-0.05, 0) is 247 Å². The van der Waals surface area contributed by atoms with Gasteiger partial charge in [-0.1, -0.05) is 29.3 Å². The van der Waals surface area contributed by atoms with Gasteiger partial charge in [-0.25, -0.2) is 19.9 Å². The number of aromatic nitrogens is 8. The van der Waals surface area contributed by atoms with Crippen molar-refractivity contribution in [3.8, 4) is 10.7 Å². The number of Topliss-reactive ketones (excluding diaryl/α,β-unsaturated/α-hetero) is 1. The maximum absolute atomic E-state index is 10.6. The van der Waals surface area contributed by atoms with Crippen molar-refractivity contribution >= 4 is 196 Å². The summed E-state index contributed by atoms with van der Waals surface area (Å²) in [5.41, 5.74) is -4.76. The number of anilines is 4. The molecule has 4 radical (unpaired) electrons. The van der Waals surface area contributed by atoms with Crippen molar-refractivity contribution in [1.29, 1.82) is 0 Å². The second-order valence-electron chi connectivity index (χ2n) is 27.6. The van der Waals surface area contributed by atoms with Gasteiger partial charge in [-0.15, -0.1) is 45.3 Å². The maximum Gasteiger partial charge on any atom is 2.00 e. The molecule has 2 aliphatic carbocycles. The van der Waals surface area contributed by atoms with Crippen molar-refractivity contribution < 1.29 is 66.8 Å². The quantitative estimate of drug-likeness (QED) is 0.0209. The fourth-order valence-electron chi connectivity index (χ4n) is 6.96. The van der Waals surface area contributed by atoms with Gasteiger partial charge in [-0.3, -0.25) is 15.0 Å². The van der Waals surface area contributed by atoms with Crippen LogP contribution in [0.3, 0.4) is 0 Å². The van der Waals surface area contributed by atoms with Crippen molar-refractivity contribution in [3.05, 3.63) is 134 Å². The molecule has 0 bridgehead atoms. The minimum atomic E-state index is -1.01. The molecular weight excluding hydrogens is 1670 g/mol. The van der Waals surface area contributed by atoms with Crippen molar-refractivity contribution in [1.82, 2.24) is 40.3 Å². The Kier molecular flexibility index (Phi) is 37.9. The number of H-pyrrole nitrogens is 2. The Bertz CT molecular complexity index is 3720. The zero-order valence-corrected chi connectivity index (χ0v) is 72.8. The topological polar surface area (TPSA) is 310 Å². The molecule has 11 N–H and O–H groups in total. The third-order valence-electron chi connectivity index (χ3n) is 15.4. The summed E-state index contributed by atoms with van der Waals surface area (Å²) < 4.78 is 15.5. The van der Waals surface area contributed by atoms with Crippen molar-refractivity contribution in [3.63, 3.8) is 0 Å². The first-order valence-electron chi connectivity index (χ1n) is 30.7. The van der Waals surface area contributed by atoms with Gasteiger partial charge >= 0.3 is 30.2 Å². The first kappa shape index (κ1) is 95.8. The Morgan fingerprint density at radius 3 is 1.28 bits per heavy atom. The van der Waals surface area contributed by atoms with Crippen LogP contribution in [0.5, 0.6) is 0 Å². The molecule has 0 spiro atoms. The molecule has 9 heterocycles. The molecular formula is C66H93B3Br4Cl2MgN10O10S4. The Morgan fingerprint density at radius 1 is 0.580 bits per heavy atom. The van der Waals surface area contributed by atoms with Crippen molar-refractivity contribution in [2.45, 2.75) is 219 Å². The second kappa shape index (κ2) is 39.6. The smallest absolute Gasteiger partial charge is 1.00 e.